The Morgan fingerprint density at radius 2 is 1.96 bits per heavy atom. The minimum Gasteiger partial charge on any atom is -0.481 e. The molecule has 6 nitrogen and oxygen atoms in total. The summed E-state index contributed by atoms with van der Waals surface area (Å²) < 4.78 is 0. The van der Waals surface area contributed by atoms with E-state index in [4.69, 9.17) is 17.3 Å². The Morgan fingerprint density at radius 1 is 1.22 bits per heavy atom. The number of nitrogens with two attached hydrogens (primary N) is 1. The van der Waals surface area contributed by atoms with E-state index in [9.17, 15) is 14.4 Å². The van der Waals surface area contributed by atoms with Crippen molar-refractivity contribution in [3.63, 3.8) is 0 Å². The lowest BCUT2D eigenvalue weighted by Gasteiger charge is -2.25. The fourth-order valence-corrected chi connectivity index (χ4v) is 4.45. The molecule has 0 spiro atoms. The van der Waals surface area contributed by atoms with Crippen LogP contribution in [0.1, 0.15) is 33.3 Å². The molecule has 0 radical (unpaired) electrons. The Morgan fingerprint density at radius 3 is 2.63 bits per heavy atom. The van der Waals surface area contributed by atoms with Crippen LogP contribution in [0.2, 0.25) is 0 Å². The molecule has 27 heavy (non-hydrogen) atoms. The van der Waals surface area contributed by atoms with E-state index in [1.54, 1.807) is 30.3 Å². The van der Waals surface area contributed by atoms with Crippen molar-refractivity contribution in [3.8, 4) is 12.3 Å². The molecule has 2 atom stereocenters. The van der Waals surface area contributed by atoms with Crippen LogP contribution >= 0.6 is 11.8 Å². The van der Waals surface area contributed by atoms with Crippen molar-refractivity contribution in [2.24, 2.45) is 5.73 Å². The lowest BCUT2D eigenvalue weighted by atomic mass is 10.1. The SMILES string of the molecule is C#Cc1ccccc1[C@@H]1S[C@H](CC(=O)O)C(=O)N1c1cccc(C(N)=O)c1. The first-order valence-corrected chi connectivity index (χ1v) is 9.02. The van der Waals surface area contributed by atoms with E-state index >= 15 is 0 Å². The minimum absolute atomic E-state index is 0.260. The number of hydrogen-bond donors (Lipinski definition) is 2. The second-order valence-electron chi connectivity index (χ2n) is 5.93. The number of aliphatic carboxylic acids is 1. The maximum absolute atomic E-state index is 13.0. The first-order valence-electron chi connectivity index (χ1n) is 8.08. The predicted molar refractivity (Wildman–Crippen MR) is 103 cm³/mol. The maximum atomic E-state index is 13.0. The third-order valence-electron chi connectivity index (χ3n) is 4.19. The number of nitrogens with zero attached hydrogens (tertiary/aromatic N) is 1. The van der Waals surface area contributed by atoms with Crippen LogP contribution in [0.4, 0.5) is 5.69 Å². The maximum Gasteiger partial charge on any atom is 0.305 e. The summed E-state index contributed by atoms with van der Waals surface area (Å²) in [5.41, 5.74) is 7.43. The molecular weight excluding hydrogens is 364 g/mol. The smallest absolute Gasteiger partial charge is 0.305 e. The lowest BCUT2D eigenvalue weighted by Crippen LogP contribution is -2.32. The van der Waals surface area contributed by atoms with Gasteiger partial charge in [0.2, 0.25) is 11.8 Å². The van der Waals surface area contributed by atoms with E-state index in [0.29, 0.717) is 11.3 Å². The number of carbonyl (C=O) groups excluding carboxylic acids is 2. The van der Waals surface area contributed by atoms with Gasteiger partial charge in [0.25, 0.3) is 0 Å². The van der Waals surface area contributed by atoms with Crippen LogP contribution in [-0.2, 0) is 9.59 Å². The summed E-state index contributed by atoms with van der Waals surface area (Å²) in [6.07, 6.45) is 5.30. The molecule has 1 saturated heterocycles. The number of primary amides is 1. The van der Waals surface area contributed by atoms with Crippen molar-refractivity contribution in [2.75, 3.05) is 4.90 Å². The number of benzene rings is 2. The van der Waals surface area contributed by atoms with Crippen molar-refractivity contribution >= 4 is 35.2 Å². The van der Waals surface area contributed by atoms with Gasteiger partial charge in [-0.3, -0.25) is 19.3 Å². The molecule has 1 aliphatic rings. The number of rotatable bonds is 5. The third-order valence-corrected chi connectivity index (χ3v) is 5.61. The second-order valence-corrected chi connectivity index (χ2v) is 7.22. The largest absolute Gasteiger partial charge is 0.481 e. The molecule has 7 heteroatoms. The van der Waals surface area contributed by atoms with Crippen LogP contribution in [0.15, 0.2) is 48.5 Å². The van der Waals surface area contributed by atoms with Crippen LogP contribution in [0, 0.1) is 12.3 Å². The molecule has 0 bridgehead atoms. The molecule has 136 valence electrons. The van der Waals surface area contributed by atoms with Gasteiger partial charge in [-0.05, 0) is 24.3 Å². The van der Waals surface area contributed by atoms with E-state index < -0.39 is 22.5 Å². The van der Waals surface area contributed by atoms with E-state index in [1.807, 2.05) is 12.1 Å². The van der Waals surface area contributed by atoms with Crippen molar-refractivity contribution in [2.45, 2.75) is 17.0 Å². The monoisotopic (exact) mass is 380 g/mol. The molecule has 2 aromatic carbocycles. The van der Waals surface area contributed by atoms with Gasteiger partial charge in [-0.2, -0.15) is 0 Å². The fraction of sp³-hybridized carbons (Fsp3) is 0.150. The van der Waals surface area contributed by atoms with Crippen molar-refractivity contribution in [3.05, 3.63) is 65.2 Å². The van der Waals surface area contributed by atoms with Gasteiger partial charge in [0, 0.05) is 22.4 Å². The number of amides is 2. The van der Waals surface area contributed by atoms with Crippen LogP contribution in [0.3, 0.4) is 0 Å². The summed E-state index contributed by atoms with van der Waals surface area (Å²) in [5, 5.41) is 7.89. The number of hydrogen-bond acceptors (Lipinski definition) is 4. The van der Waals surface area contributed by atoms with Crippen LogP contribution in [-0.4, -0.2) is 28.1 Å². The minimum atomic E-state index is -1.06. The number of carbonyl (C=O) groups is 3. The molecule has 0 aromatic heterocycles. The van der Waals surface area contributed by atoms with E-state index in [0.717, 1.165) is 5.56 Å². The molecule has 0 aliphatic carbocycles. The zero-order chi connectivity index (χ0) is 19.6. The van der Waals surface area contributed by atoms with Gasteiger partial charge < -0.3 is 10.8 Å². The van der Waals surface area contributed by atoms with Gasteiger partial charge >= 0.3 is 5.97 Å². The highest BCUT2D eigenvalue weighted by molar-refractivity contribution is 8.01. The molecule has 3 N–H and O–H groups in total. The standard InChI is InChI=1S/C20H16N2O4S/c1-2-12-6-3-4-9-15(12)20-22(19(26)16(27-20)11-17(23)24)14-8-5-7-13(10-14)18(21)25/h1,3-10,16,20H,11H2,(H2,21,25)(H,23,24)/t16-,20+/m1/s1. The molecule has 2 amide bonds. The molecule has 1 aliphatic heterocycles. The zero-order valence-electron chi connectivity index (χ0n) is 14.2. The quantitative estimate of drug-likeness (QED) is 0.776. The van der Waals surface area contributed by atoms with Gasteiger partial charge in [0.1, 0.15) is 5.37 Å². The highest BCUT2D eigenvalue weighted by Gasteiger charge is 2.43. The third kappa shape index (κ3) is 3.66. The first kappa shape index (κ1) is 18.5. The van der Waals surface area contributed by atoms with Crippen molar-refractivity contribution in [1.82, 2.24) is 0 Å². The summed E-state index contributed by atoms with van der Waals surface area (Å²) in [5.74, 6) is 0.586. The summed E-state index contributed by atoms with van der Waals surface area (Å²) in [6, 6.07) is 13.6. The average molecular weight is 380 g/mol. The van der Waals surface area contributed by atoms with Crippen LogP contribution in [0.25, 0.3) is 0 Å². The number of carboxylic acids is 1. The molecule has 0 unspecified atom stereocenters. The van der Waals surface area contributed by atoms with Crippen LogP contribution < -0.4 is 10.6 Å². The summed E-state index contributed by atoms with van der Waals surface area (Å²) >= 11 is 1.23. The number of thioether (sulfide) groups is 1. The molecular formula is C20H16N2O4S. The Bertz CT molecular complexity index is 966. The van der Waals surface area contributed by atoms with Gasteiger partial charge in [-0.15, -0.1) is 18.2 Å². The normalized spacial score (nSPS) is 18.9. The Hall–Kier alpha value is -3.24. The number of carboxylic acid groups (broad SMARTS) is 1. The van der Waals surface area contributed by atoms with Crippen LogP contribution in [0.5, 0.6) is 0 Å². The Kier molecular flexibility index (Phi) is 5.19. The predicted octanol–water partition coefficient (Wildman–Crippen LogP) is 2.39. The Balaban J connectivity index is 2.10. The topological polar surface area (TPSA) is 101 Å². The van der Waals surface area contributed by atoms with Crippen molar-refractivity contribution in [1.29, 1.82) is 0 Å². The molecule has 0 saturated carbocycles. The summed E-state index contributed by atoms with van der Waals surface area (Å²) in [7, 11) is 0. The van der Waals surface area contributed by atoms with E-state index in [1.165, 1.54) is 22.7 Å². The van der Waals surface area contributed by atoms with Gasteiger partial charge in [0.05, 0.1) is 11.7 Å². The highest BCUT2D eigenvalue weighted by Crippen LogP contribution is 2.47. The van der Waals surface area contributed by atoms with Gasteiger partial charge in [0.15, 0.2) is 0 Å². The zero-order valence-corrected chi connectivity index (χ0v) is 15.0. The van der Waals surface area contributed by atoms with Crippen molar-refractivity contribution < 1.29 is 19.5 Å². The van der Waals surface area contributed by atoms with Gasteiger partial charge in [-0.25, -0.2) is 0 Å². The molecule has 2 aromatic rings. The number of terminal acetylenes is 1. The molecule has 3 rings (SSSR count). The first-order chi connectivity index (χ1) is 12.9. The molecule has 1 heterocycles. The lowest BCUT2D eigenvalue weighted by molar-refractivity contribution is -0.138. The van der Waals surface area contributed by atoms with E-state index in [-0.39, 0.29) is 17.9 Å². The average Bonchev–Trinajstić information content (AvgIpc) is 2.97. The second kappa shape index (κ2) is 7.56. The summed E-state index contributed by atoms with van der Waals surface area (Å²) in [6.45, 7) is 0. The van der Waals surface area contributed by atoms with Gasteiger partial charge in [-0.1, -0.05) is 30.2 Å². The Labute approximate surface area is 160 Å². The highest BCUT2D eigenvalue weighted by atomic mass is 32.2. The fourth-order valence-electron chi connectivity index (χ4n) is 2.97. The molecule has 1 fully saturated rings. The van der Waals surface area contributed by atoms with E-state index in [2.05, 4.69) is 5.92 Å². The number of anilines is 1. The summed E-state index contributed by atoms with van der Waals surface area (Å²) in [4.78, 5) is 37.2.